The van der Waals surface area contributed by atoms with E-state index in [1.807, 2.05) is 30.3 Å². The molecule has 128 valence electrons. The van der Waals surface area contributed by atoms with Gasteiger partial charge < -0.3 is 10.1 Å². The predicted octanol–water partition coefficient (Wildman–Crippen LogP) is 4.98. The Hall–Kier alpha value is -3.18. The number of nitrogens with zero attached hydrogens (tertiary/aromatic N) is 1. The van der Waals surface area contributed by atoms with Gasteiger partial charge in [0.15, 0.2) is 0 Å². The van der Waals surface area contributed by atoms with Gasteiger partial charge in [-0.1, -0.05) is 36.4 Å². The van der Waals surface area contributed by atoms with Crippen molar-refractivity contribution in [3.05, 3.63) is 83.0 Å². The van der Waals surface area contributed by atoms with Gasteiger partial charge >= 0.3 is 5.97 Å². The molecule has 5 heteroatoms. The highest BCUT2D eigenvalue weighted by Crippen LogP contribution is 2.27. The molecule has 0 amide bonds. The van der Waals surface area contributed by atoms with Crippen LogP contribution in [0.2, 0.25) is 0 Å². The summed E-state index contributed by atoms with van der Waals surface area (Å²) < 4.78 is 0. The topological polar surface area (TPSA) is 66.0 Å². The van der Waals surface area contributed by atoms with Crippen LogP contribution in [0.4, 0.5) is 0 Å². The molecular weight excluding hydrogens is 344 g/mol. The maximum absolute atomic E-state index is 10.6. The summed E-state index contributed by atoms with van der Waals surface area (Å²) in [6, 6.07) is 18.3. The Labute approximate surface area is 154 Å². The number of carboxylic acid groups (broad SMARTS) is 1. The fourth-order valence-corrected chi connectivity index (χ4v) is 3.57. The Balaban J connectivity index is 1.54. The van der Waals surface area contributed by atoms with Crippen LogP contribution in [0.3, 0.4) is 0 Å². The zero-order valence-electron chi connectivity index (χ0n) is 13.8. The molecule has 0 radical (unpaired) electrons. The Morgan fingerprint density at radius 2 is 2.00 bits per heavy atom. The van der Waals surface area contributed by atoms with E-state index in [2.05, 4.69) is 39.6 Å². The molecule has 4 aromatic rings. The van der Waals surface area contributed by atoms with Crippen molar-refractivity contribution in [3.8, 4) is 10.4 Å². The molecule has 0 saturated carbocycles. The smallest absolute Gasteiger partial charge is 0.328 e. The molecule has 26 heavy (non-hydrogen) atoms. The number of hydrogen-bond donors (Lipinski definition) is 2. The summed E-state index contributed by atoms with van der Waals surface area (Å²) in [5.74, 6) is -0.0320. The Bertz CT molecular complexity index is 1080. The Morgan fingerprint density at radius 1 is 1.15 bits per heavy atom. The first-order chi connectivity index (χ1) is 12.7. The quantitative estimate of drug-likeness (QED) is 0.493. The molecule has 0 aliphatic carbocycles. The summed E-state index contributed by atoms with van der Waals surface area (Å²) in [4.78, 5) is 19.9. The van der Waals surface area contributed by atoms with E-state index in [1.165, 1.54) is 10.4 Å². The highest BCUT2D eigenvalue weighted by Gasteiger charge is 2.06. The van der Waals surface area contributed by atoms with Gasteiger partial charge in [0.05, 0.1) is 11.0 Å². The number of aromatic amines is 1. The van der Waals surface area contributed by atoms with Crippen molar-refractivity contribution in [3.63, 3.8) is 0 Å². The molecule has 4 rings (SSSR count). The van der Waals surface area contributed by atoms with Gasteiger partial charge in [-0.05, 0) is 46.3 Å². The van der Waals surface area contributed by atoms with Gasteiger partial charge in [-0.2, -0.15) is 0 Å². The minimum Gasteiger partial charge on any atom is -0.478 e. The highest BCUT2D eigenvalue weighted by molar-refractivity contribution is 7.13. The minimum atomic E-state index is -0.946. The zero-order chi connectivity index (χ0) is 17.9. The molecule has 0 atom stereocenters. The molecule has 0 aliphatic rings. The van der Waals surface area contributed by atoms with Gasteiger partial charge in [0, 0.05) is 17.4 Å². The molecule has 4 nitrogen and oxygen atoms in total. The zero-order valence-corrected chi connectivity index (χ0v) is 14.7. The summed E-state index contributed by atoms with van der Waals surface area (Å²) in [5, 5.41) is 10.8. The second-order valence-corrected chi connectivity index (χ2v) is 6.93. The number of imidazole rings is 1. The van der Waals surface area contributed by atoms with E-state index in [9.17, 15) is 4.79 Å². The molecule has 0 aliphatic heterocycles. The number of aromatic nitrogens is 2. The number of aliphatic carboxylic acids is 1. The van der Waals surface area contributed by atoms with Crippen LogP contribution in [0.5, 0.6) is 0 Å². The number of rotatable bonds is 5. The fraction of sp³-hybridized carbons (Fsp3) is 0.0476. The first-order valence-corrected chi connectivity index (χ1v) is 9.08. The van der Waals surface area contributed by atoms with Crippen molar-refractivity contribution in [1.82, 2.24) is 9.97 Å². The number of H-pyrrole nitrogens is 1. The average Bonchev–Trinajstić information content (AvgIpc) is 3.29. The van der Waals surface area contributed by atoms with Crippen LogP contribution >= 0.6 is 11.3 Å². The van der Waals surface area contributed by atoms with E-state index in [-0.39, 0.29) is 0 Å². The lowest BCUT2D eigenvalue weighted by molar-refractivity contribution is -0.131. The molecule has 2 aromatic heterocycles. The summed E-state index contributed by atoms with van der Waals surface area (Å²) >= 11 is 1.72. The van der Waals surface area contributed by atoms with Gasteiger partial charge in [-0.25, -0.2) is 9.78 Å². The number of fused-ring (bicyclic) bond motifs is 1. The van der Waals surface area contributed by atoms with Gasteiger partial charge in [0.25, 0.3) is 0 Å². The van der Waals surface area contributed by atoms with E-state index in [4.69, 9.17) is 5.11 Å². The normalized spacial score (nSPS) is 11.4. The molecule has 0 unspecified atom stereocenters. The van der Waals surface area contributed by atoms with Gasteiger partial charge in [-0.3, -0.25) is 0 Å². The van der Waals surface area contributed by atoms with Crippen LogP contribution in [0.15, 0.2) is 66.1 Å². The number of carbonyl (C=O) groups is 1. The van der Waals surface area contributed by atoms with E-state index in [0.717, 1.165) is 34.1 Å². The van der Waals surface area contributed by atoms with Crippen LogP contribution < -0.4 is 0 Å². The third kappa shape index (κ3) is 3.58. The van der Waals surface area contributed by atoms with Crippen molar-refractivity contribution in [2.75, 3.05) is 0 Å². The first-order valence-electron chi connectivity index (χ1n) is 8.20. The maximum Gasteiger partial charge on any atom is 0.328 e. The average molecular weight is 360 g/mol. The van der Waals surface area contributed by atoms with E-state index >= 15 is 0 Å². The maximum atomic E-state index is 10.6. The number of benzene rings is 2. The van der Waals surface area contributed by atoms with Gasteiger partial charge in [0.1, 0.15) is 5.82 Å². The van der Waals surface area contributed by atoms with E-state index < -0.39 is 5.97 Å². The van der Waals surface area contributed by atoms with Crippen LogP contribution in [-0.4, -0.2) is 21.0 Å². The standard InChI is InChI=1S/C21H16N2O2S/c24-21(25)10-7-14-3-5-15(6-4-14)12-20-22-17-9-8-16(13-18(17)23-20)19-2-1-11-26-19/h1-11,13H,12H2,(H,22,23)(H,24,25)/b10-7+. The monoisotopic (exact) mass is 360 g/mol. The third-order valence-electron chi connectivity index (χ3n) is 4.11. The molecule has 2 aromatic carbocycles. The second kappa shape index (κ2) is 6.98. The third-order valence-corrected chi connectivity index (χ3v) is 5.03. The van der Waals surface area contributed by atoms with Crippen LogP contribution in [0, 0.1) is 0 Å². The predicted molar refractivity (Wildman–Crippen MR) is 105 cm³/mol. The van der Waals surface area contributed by atoms with Crippen molar-refractivity contribution in [2.24, 2.45) is 0 Å². The van der Waals surface area contributed by atoms with Gasteiger partial charge in [0.2, 0.25) is 0 Å². The lowest BCUT2D eigenvalue weighted by Gasteiger charge is -1.99. The highest BCUT2D eigenvalue weighted by atomic mass is 32.1. The van der Waals surface area contributed by atoms with Crippen LogP contribution in [0.25, 0.3) is 27.6 Å². The SMILES string of the molecule is O=C(O)/C=C/c1ccc(Cc2nc3ccc(-c4cccs4)cc3[nH]2)cc1. The molecule has 0 bridgehead atoms. The number of thiophene rings is 1. The number of hydrogen-bond acceptors (Lipinski definition) is 3. The Morgan fingerprint density at radius 3 is 2.73 bits per heavy atom. The van der Waals surface area contributed by atoms with E-state index in [0.29, 0.717) is 6.42 Å². The largest absolute Gasteiger partial charge is 0.478 e. The summed E-state index contributed by atoms with van der Waals surface area (Å²) in [6.07, 6.45) is 3.42. The van der Waals surface area contributed by atoms with Gasteiger partial charge in [-0.15, -0.1) is 11.3 Å². The van der Waals surface area contributed by atoms with Crippen molar-refractivity contribution >= 4 is 34.4 Å². The number of carboxylic acids is 1. The molecule has 2 N–H and O–H groups in total. The van der Waals surface area contributed by atoms with Crippen LogP contribution in [0.1, 0.15) is 17.0 Å². The van der Waals surface area contributed by atoms with E-state index in [1.54, 1.807) is 17.4 Å². The summed E-state index contributed by atoms with van der Waals surface area (Å²) in [5.41, 5.74) is 5.17. The van der Waals surface area contributed by atoms with Crippen molar-refractivity contribution in [1.29, 1.82) is 0 Å². The van der Waals surface area contributed by atoms with Crippen LogP contribution in [-0.2, 0) is 11.2 Å². The lowest BCUT2D eigenvalue weighted by atomic mass is 10.1. The fourth-order valence-electron chi connectivity index (χ4n) is 2.85. The molecule has 0 spiro atoms. The second-order valence-electron chi connectivity index (χ2n) is 5.98. The number of nitrogens with one attached hydrogen (secondary N) is 1. The first kappa shape index (κ1) is 16.3. The van der Waals surface area contributed by atoms with Crippen molar-refractivity contribution < 1.29 is 9.90 Å². The summed E-state index contributed by atoms with van der Waals surface area (Å²) in [6.45, 7) is 0. The lowest BCUT2D eigenvalue weighted by Crippen LogP contribution is -1.91. The molecule has 0 saturated heterocycles. The van der Waals surface area contributed by atoms with Crippen molar-refractivity contribution in [2.45, 2.75) is 6.42 Å². The Kier molecular flexibility index (Phi) is 4.37. The molecule has 0 fully saturated rings. The minimum absolute atomic E-state index is 0.700. The molecular formula is C21H16N2O2S. The molecule has 2 heterocycles. The summed E-state index contributed by atoms with van der Waals surface area (Å²) in [7, 11) is 0.